The fourth-order valence-electron chi connectivity index (χ4n) is 4.90. The monoisotopic (exact) mass is 514 g/mol. The maximum Gasteiger partial charge on any atom is 0.184 e. The van der Waals surface area contributed by atoms with Gasteiger partial charge < -0.3 is 24.1 Å². The van der Waals surface area contributed by atoms with E-state index in [0.717, 1.165) is 21.4 Å². The van der Waals surface area contributed by atoms with E-state index in [2.05, 4.69) is 49.4 Å². The first-order chi connectivity index (χ1) is 18.1. The quantitative estimate of drug-likeness (QED) is 0.339. The largest absolute Gasteiger partial charge is 0.387 e. The summed E-state index contributed by atoms with van der Waals surface area (Å²) in [5.41, 5.74) is 2.65. The molecule has 0 aliphatic carbocycles. The van der Waals surface area contributed by atoms with Gasteiger partial charge in [0.2, 0.25) is 0 Å². The van der Waals surface area contributed by atoms with Gasteiger partial charge in [0, 0.05) is 10.5 Å². The van der Waals surface area contributed by atoms with Crippen molar-refractivity contribution in [2.24, 2.45) is 0 Å². The molecule has 1 N–H and O–H groups in total. The lowest BCUT2D eigenvalue weighted by Crippen LogP contribution is -2.61. The van der Waals surface area contributed by atoms with Gasteiger partial charge in [-0.15, -0.1) is 0 Å². The molecule has 190 valence electrons. The number of ether oxygens (including phenoxy) is 4. The molecule has 6 rings (SSSR count). The van der Waals surface area contributed by atoms with Gasteiger partial charge in [-0.25, -0.2) is 0 Å². The molecule has 0 saturated carbocycles. The van der Waals surface area contributed by atoms with E-state index in [0.29, 0.717) is 13.2 Å². The second-order valence-electron chi connectivity index (χ2n) is 9.60. The van der Waals surface area contributed by atoms with E-state index in [4.69, 9.17) is 18.9 Å². The fourth-order valence-corrected chi connectivity index (χ4v) is 5.96. The van der Waals surface area contributed by atoms with Gasteiger partial charge in [0.15, 0.2) is 6.29 Å². The maximum absolute atomic E-state index is 11.5. The van der Waals surface area contributed by atoms with Crippen molar-refractivity contribution in [3.05, 3.63) is 114 Å². The van der Waals surface area contributed by atoms with Crippen LogP contribution in [0.25, 0.3) is 10.8 Å². The summed E-state index contributed by atoms with van der Waals surface area (Å²) in [6, 6.07) is 32.6. The van der Waals surface area contributed by atoms with Crippen LogP contribution in [0.15, 0.2) is 102 Å². The van der Waals surface area contributed by atoms with Crippen LogP contribution in [-0.4, -0.2) is 41.6 Å². The molecular weight excluding hydrogens is 484 g/mol. The molecule has 6 heteroatoms. The minimum Gasteiger partial charge on any atom is -0.387 e. The summed E-state index contributed by atoms with van der Waals surface area (Å²) in [6.07, 6.45) is -2.82. The van der Waals surface area contributed by atoms with E-state index < -0.39 is 30.0 Å². The summed E-state index contributed by atoms with van der Waals surface area (Å²) in [4.78, 5) is 1.03. The molecule has 2 fully saturated rings. The zero-order valence-electron chi connectivity index (χ0n) is 20.6. The molecule has 2 saturated heterocycles. The Morgan fingerprint density at radius 3 is 2.43 bits per heavy atom. The van der Waals surface area contributed by atoms with Crippen LogP contribution in [0.1, 0.15) is 23.0 Å². The molecule has 6 atom stereocenters. The SMILES string of the molecule is Cc1ccc(S[C@@H]2O[C@@H]3CO[C@@H](c4ccccc4)O[C@H]3[C@H](OCc3ccc4ccccc4c3)[C@H]2O)cc1. The van der Waals surface area contributed by atoms with Gasteiger partial charge in [-0.3, -0.25) is 0 Å². The Morgan fingerprint density at radius 2 is 1.62 bits per heavy atom. The molecule has 37 heavy (non-hydrogen) atoms. The fraction of sp³-hybridized carbons (Fsp3) is 0.290. The Balaban J connectivity index is 1.24. The first-order valence-electron chi connectivity index (χ1n) is 12.6. The molecule has 5 nitrogen and oxygen atoms in total. The minimum absolute atomic E-state index is 0.354. The molecule has 0 aromatic heterocycles. The number of thioether (sulfide) groups is 1. The topological polar surface area (TPSA) is 57.2 Å². The minimum atomic E-state index is -0.887. The summed E-state index contributed by atoms with van der Waals surface area (Å²) >= 11 is 1.50. The Hall–Kier alpha value is -2.71. The number of hydrogen-bond donors (Lipinski definition) is 1. The van der Waals surface area contributed by atoms with Crippen LogP contribution in [0.5, 0.6) is 0 Å². The number of aryl methyl sites for hydroxylation is 1. The Labute approximate surface area is 221 Å². The number of aliphatic hydroxyl groups excluding tert-OH is 1. The van der Waals surface area contributed by atoms with E-state index >= 15 is 0 Å². The first-order valence-corrected chi connectivity index (χ1v) is 13.5. The second-order valence-corrected chi connectivity index (χ2v) is 10.8. The van der Waals surface area contributed by atoms with Gasteiger partial charge in [0.1, 0.15) is 29.9 Å². The molecule has 0 radical (unpaired) electrons. The van der Waals surface area contributed by atoms with Crippen LogP contribution in [0, 0.1) is 6.92 Å². The van der Waals surface area contributed by atoms with Gasteiger partial charge in [-0.2, -0.15) is 0 Å². The number of hydrogen-bond acceptors (Lipinski definition) is 6. The van der Waals surface area contributed by atoms with Crippen molar-refractivity contribution in [1.29, 1.82) is 0 Å². The predicted molar refractivity (Wildman–Crippen MR) is 144 cm³/mol. The van der Waals surface area contributed by atoms with Crippen molar-refractivity contribution in [3.8, 4) is 0 Å². The zero-order chi connectivity index (χ0) is 25.2. The van der Waals surface area contributed by atoms with Gasteiger partial charge in [-0.1, -0.05) is 96.2 Å². The van der Waals surface area contributed by atoms with Crippen molar-refractivity contribution in [2.45, 2.75) is 54.6 Å². The number of benzene rings is 4. The van der Waals surface area contributed by atoms with Gasteiger partial charge in [-0.05, 0) is 41.5 Å². The van der Waals surface area contributed by atoms with Crippen LogP contribution in [0.4, 0.5) is 0 Å². The summed E-state index contributed by atoms with van der Waals surface area (Å²) in [5.74, 6) is 0. The first kappa shape index (κ1) is 24.6. The lowest BCUT2D eigenvalue weighted by Gasteiger charge is -2.47. The molecule has 2 aliphatic rings. The van der Waals surface area contributed by atoms with Crippen LogP contribution >= 0.6 is 11.8 Å². The molecule has 0 spiro atoms. The number of aliphatic hydroxyl groups is 1. The normalized spacial score (nSPS) is 27.6. The average molecular weight is 515 g/mol. The average Bonchev–Trinajstić information content (AvgIpc) is 2.94. The van der Waals surface area contributed by atoms with Crippen molar-refractivity contribution >= 4 is 22.5 Å². The maximum atomic E-state index is 11.5. The summed E-state index contributed by atoms with van der Waals surface area (Å²) in [6.45, 7) is 2.77. The van der Waals surface area contributed by atoms with Crippen molar-refractivity contribution in [1.82, 2.24) is 0 Å². The third-order valence-electron chi connectivity index (χ3n) is 6.91. The zero-order valence-corrected chi connectivity index (χ0v) is 21.4. The van der Waals surface area contributed by atoms with Crippen LogP contribution in [-0.2, 0) is 25.6 Å². The highest BCUT2D eigenvalue weighted by Gasteiger charge is 2.50. The molecule has 0 amide bonds. The predicted octanol–water partition coefficient (Wildman–Crippen LogP) is 6.03. The van der Waals surface area contributed by atoms with E-state index in [-0.39, 0.29) is 6.10 Å². The highest BCUT2D eigenvalue weighted by molar-refractivity contribution is 7.99. The van der Waals surface area contributed by atoms with Gasteiger partial charge in [0.05, 0.1) is 13.2 Å². The third kappa shape index (κ3) is 5.46. The summed E-state index contributed by atoms with van der Waals surface area (Å²) in [5, 5.41) is 13.8. The highest BCUT2D eigenvalue weighted by atomic mass is 32.2. The molecule has 2 aliphatic heterocycles. The van der Waals surface area contributed by atoms with Crippen molar-refractivity contribution < 1.29 is 24.1 Å². The van der Waals surface area contributed by atoms with Crippen molar-refractivity contribution in [2.75, 3.05) is 6.61 Å². The van der Waals surface area contributed by atoms with Crippen LogP contribution in [0.2, 0.25) is 0 Å². The number of fused-ring (bicyclic) bond motifs is 2. The van der Waals surface area contributed by atoms with Crippen LogP contribution in [0.3, 0.4) is 0 Å². The van der Waals surface area contributed by atoms with E-state index in [9.17, 15) is 5.11 Å². The van der Waals surface area contributed by atoms with E-state index in [1.165, 1.54) is 22.7 Å². The lowest BCUT2D eigenvalue weighted by molar-refractivity contribution is -0.325. The van der Waals surface area contributed by atoms with E-state index in [1.807, 2.05) is 54.6 Å². The number of rotatable bonds is 6. The Morgan fingerprint density at radius 1 is 0.865 bits per heavy atom. The molecule has 2 heterocycles. The summed E-state index contributed by atoms with van der Waals surface area (Å²) < 4.78 is 25.2. The molecular formula is C31H30O5S. The van der Waals surface area contributed by atoms with Crippen molar-refractivity contribution in [3.63, 3.8) is 0 Å². The third-order valence-corrected chi connectivity index (χ3v) is 8.08. The Bertz CT molecular complexity index is 1330. The van der Waals surface area contributed by atoms with E-state index in [1.54, 1.807) is 0 Å². The lowest BCUT2D eigenvalue weighted by atomic mass is 9.98. The highest BCUT2D eigenvalue weighted by Crippen LogP contribution is 2.40. The summed E-state index contributed by atoms with van der Waals surface area (Å²) in [7, 11) is 0. The molecule has 4 aromatic carbocycles. The molecule has 4 aromatic rings. The molecule has 0 unspecified atom stereocenters. The second kappa shape index (κ2) is 11.0. The van der Waals surface area contributed by atoms with Gasteiger partial charge in [0.25, 0.3) is 0 Å². The smallest absolute Gasteiger partial charge is 0.184 e. The standard InChI is InChI=1S/C31H30O5S/c1-20-11-15-25(16-12-20)37-31-27(32)29(33-18-21-13-14-22-7-5-6-10-24(22)17-21)28-26(35-31)19-34-30(36-28)23-8-3-2-4-9-23/h2-17,26-32H,18-19H2,1H3/t26-,27-,28-,29-,30-,31+/m1/s1. The van der Waals surface area contributed by atoms with Gasteiger partial charge >= 0.3 is 0 Å². The molecule has 0 bridgehead atoms. The Kier molecular flexibility index (Phi) is 7.29. The van der Waals surface area contributed by atoms with Crippen LogP contribution < -0.4 is 0 Å².